The van der Waals surface area contributed by atoms with Gasteiger partial charge in [-0.05, 0) is 37.3 Å². The van der Waals surface area contributed by atoms with Crippen molar-refractivity contribution in [3.8, 4) is 5.69 Å². The maximum absolute atomic E-state index is 11.6. The molecule has 21 heavy (non-hydrogen) atoms. The molecule has 0 saturated carbocycles. The van der Waals surface area contributed by atoms with Crippen molar-refractivity contribution in [1.82, 2.24) is 14.5 Å². The Kier molecular flexibility index (Phi) is 4.71. The van der Waals surface area contributed by atoms with Crippen molar-refractivity contribution in [2.45, 2.75) is 6.92 Å². The Balaban J connectivity index is 1.93. The van der Waals surface area contributed by atoms with Gasteiger partial charge >= 0.3 is 0 Å². The molecule has 0 aliphatic carbocycles. The number of benzene rings is 1. The number of hydrogen-bond donors (Lipinski definition) is 2. The minimum absolute atomic E-state index is 0.0567. The largest absolute Gasteiger partial charge is 0.325 e. The molecule has 2 aromatic rings. The van der Waals surface area contributed by atoms with Crippen LogP contribution in [-0.2, 0) is 14.8 Å². The Morgan fingerprint density at radius 2 is 2.00 bits per heavy atom. The SMILES string of the molecule is CCS(=O)(=O)NCC(=O)Nc1ccc(-n2cccn2)cc1. The third-order valence-corrected chi connectivity index (χ3v) is 4.10. The first-order valence-electron chi connectivity index (χ1n) is 6.37. The number of carbonyl (C=O) groups is 1. The zero-order valence-corrected chi connectivity index (χ0v) is 12.3. The van der Waals surface area contributed by atoms with Crippen LogP contribution in [0.5, 0.6) is 0 Å². The first kappa shape index (κ1) is 15.2. The molecule has 1 heterocycles. The van der Waals surface area contributed by atoms with Crippen LogP contribution >= 0.6 is 0 Å². The third kappa shape index (κ3) is 4.40. The lowest BCUT2D eigenvalue weighted by molar-refractivity contribution is -0.115. The molecule has 1 aromatic carbocycles. The van der Waals surface area contributed by atoms with Gasteiger partial charge in [-0.3, -0.25) is 4.79 Å². The minimum Gasteiger partial charge on any atom is -0.325 e. The van der Waals surface area contributed by atoms with Crippen LogP contribution in [-0.4, -0.2) is 36.4 Å². The molecular weight excluding hydrogens is 292 g/mol. The summed E-state index contributed by atoms with van der Waals surface area (Å²) < 4.78 is 26.4. The fourth-order valence-electron chi connectivity index (χ4n) is 1.60. The first-order valence-corrected chi connectivity index (χ1v) is 8.02. The van der Waals surface area contributed by atoms with Gasteiger partial charge in [-0.2, -0.15) is 5.10 Å². The molecule has 0 spiro atoms. The monoisotopic (exact) mass is 308 g/mol. The molecule has 2 rings (SSSR count). The van der Waals surface area contributed by atoms with Crippen LogP contribution in [0.25, 0.3) is 5.69 Å². The Bertz CT molecular complexity index is 694. The molecule has 1 amide bonds. The predicted octanol–water partition coefficient (Wildman–Crippen LogP) is 0.750. The number of nitrogens with one attached hydrogen (secondary N) is 2. The van der Waals surface area contributed by atoms with Gasteiger partial charge in [0.05, 0.1) is 18.0 Å². The van der Waals surface area contributed by atoms with E-state index in [4.69, 9.17) is 0 Å². The summed E-state index contributed by atoms with van der Waals surface area (Å²) in [5, 5.41) is 6.71. The Morgan fingerprint density at radius 1 is 1.29 bits per heavy atom. The molecule has 7 nitrogen and oxygen atoms in total. The quantitative estimate of drug-likeness (QED) is 0.823. The Hall–Kier alpha value is -2.19. The molecule has 0 aliphatic rings. The van der Waals surface area contributed by atoms with E-state index in [9.17, 15) is 13.2 Å². The predicted molar refractivity (Wildman–Crippen MR) is 79.7 cm³/mol. The van der Waals surface area contributed by atoms with Crippen molar-refractivity contribution in [3.05, 3.63) is 42.7 Å². The molecule has 0 atom stereocenters. The van der Waals surface area contributed by atoms with Gasteiger partial charge in [-0.25, -0.2) is 17.8 Å². The van der Waals surface area contributed by atoms with E-state index >= 15 is 0 Å². The lowest BCUT2D eigenvalue weighted by atomic mass is 10.3. The Labute approximate surface area is 123 Å². The summed E-state index contributed by atoms with van der Waals surface area (Å²) in [6, 6.07) is 8.87. The van der Waals surface area contributed by atoms with Crippen LogP contribution in [0.4, 0.5) is 5.69 Å². The second kappa shape index (κ2) is 6.51. The highest BCUT2D eigenvalue weighted by atomic mass is 32.2. The summed E-state index contributed by atoms with van der Waals surface area (Å²) in [6.07, 6.45) is 3.49. The van der Waals surface area contributed by atoms with Crippen molar-refractivity contribution in [3.63, 3.8) is 0 Å². The standard InChI is InChI=1S/C13H16N4O3S/c1-2-21(19,20)15-10-13(18)16-11-4-6-12(7-5-11)17-9-3-8-14-17/h3-9,15H,2,10H2,1H3,(H,16,18). The highest BCUT2D eigenvalue weighted by molar-refractivity contribution is 7.89. The van der Waals surface area contributed by atoms with Crippen LogP contribution in [0, 0.1) is 0 Å². The van der Waals surface area contributed by atoms with Crippen LogP contribution < -0.4 is 10.0 Å². The van der Waals surface area contributed by atoms with E-state index in [1.54, 1.807) is 35.1 Å². The average molecular weight is 308 g/mol. The van der Waals surface area contributed by atoms with E-state index in [1.165, 1.54) is 6.92 Å². The molecule has 1 aromatic heterocycles. The zero-order valence-electron chi connectivity index (χ0n) is 11.5. The molecule has 0 bridgehead atoms. The fourth-order valence-corrected chi connectivity index (χ4v) is 2.16. The van der Waals surface area contributed by atoms with Gasteiger partial charge in [-0.15, -0.1) is 0 Å². The number of amides is 1. The summed E-state index contributed by atoms with van der Waals surface area (Å²) in [7, 11) is -3.37. The number of rotatable bonds is 6. The first-order chi connectivity index (χ1) is 10.00. The topological polar surface area (TPSA) is 93.1 Å². The fraction of sp³-hybridized carbons (Fsp3) is 0.231. The maximum Gasteiger partial charge on any atom is 0.239 e. The molecule has 0 fully saturated rings. The van der Waals surface area contributed by atoms with E-state index in [0.717, 1.165) is 5.69 Å². The summed E-state index contributed by atoms with van der Waals surface area (Å²) >= 11 is 0. The van der Waals surface area contributed by atoms with E-state index in [2.05, 4.69) is 15.1 Å². The average Bonchev–Trinajstić information content (AvgIpc) is 3.00. The van der Waals surface area contributed by atoms with Crippen LogP contribution in [0.15, 0.2) is 42.7 Å². The minimum atomic E-state index is -3.37. The van der Waals surface area contributed by atoms with Gasteiger partial charge in [0.25, 0.3) is 0 Å². The highest BCUT2D eigenvalue weighted by Crippen LogP contribution is 2.12. The number of nitrogens with zero attached hydrogens (tertiary/aromatic N) is 2. The number of sulfonamides is 1. The van der Waals surface area contributed by atoms with Crippen molar-refractivity contribution in [2.24, 2.45) is 0 Å². The van der Waals surface area contributed by atoms with Crippen molar-refractivity contribution < 1.29 is 13.2 Å². The molecule has 0 saturated heterocycles. The number of aromatic nitrogens is 2. The van der Waals surface area contributed by atoms with Crippen molar-refractivity contribution in [2.75, 3.05) is 17.6 Å². The number of hydrogen-bond acceptors (Lipinski definition) is 4. The normalized spacial score (nSPS) is 11.3. The van der Waals surface area contributed by atoms with Crippen molar-refractivity contribution in [1.29, 1.82) is 0 Å². The summed E-state index contributed by atoms with van der Waals surface area (Å²) in [6.45, 7) is 1.23. The van der Waals surface area contributed by atoms with Gasteiger partial charge in [-0.1, -0.05) is 0 Å². The van der Waals surface area contributed by atoms with Gasteiger partial charge in [0.1, 0.15) is 0 Å². The third-order valence-electron chi connectivity index (χ3n) is 2.75. The summed E-state index contributed by atoms with van der Waals surface area (Å²) in [4.78, 5) is 11.6. The van der Waals surface area contributed by atoms with Gasteiger partial charge in [0.15, 0.2) is 0 Å². The molecule has 112 valence electrons. The molecule has 8 heteroatoms. The van der Waals surface area contributed by atoms with Gasteiger partial charge < -0.3 is 5.32 Å². The van der Waals surface area contributed by atoms with E-state index < -0.39 is 15.9 Å². The van der Waals surface area contributed by atoms with Gasteiger partial charge in [0, 0.05) is 18.1 Å². The van der Waals surface area contributed by atoms with Crippen molar-refractivity contribution >= 4 is 21.6 Å². The van der Waals surface area contributed by atoms with Crippen LogP contribution in [0.1, 0.15) is 6.92 Å². The second-order valence-corrected chi connectivity index (χ2v) is 6.37. The summed E-state index contributed by atoms with van der Waals surface area (Å²) in [5.74, 6) is -0.474. The molecule has 0 aliphatic heterocycles. The molecular formula is C13H16N4O3S. The van der Waals surface area contributed by atoms with Crippen LogP contribution in [0.3, 0.4) is 0 Å². The highest BCUT2D eigenvalue weighted by Gasteiger charge is 2.09. The number of anilines is 1. The smallest absolute Gasteiger partial charge is 0.239 e. The molecule has 2 N–H and O–H groups in total. The number of carbonyl (C=O) groups excluding carboxylic acids is 1. The van der Waals surface area contributed by atoms with Crippen LogP contribution in [0.2, 0.25) is 0 Å². The lowest BCUT2D eigenvalue weighted by Gasteiger charge is -2.07. The van der Waals surface area contributed by atoms with E-state index in [1.807, 2.05) is 12.3 Å². The maximum atomic E-state index is 11.6. The Morgan fingerprint density at radius 3 is 2.57 bits per heavy atom. The summed E-state index contributed by atoms with van der Waals surface area (Å²) in [5.41, 5.74) is 1.45. The molecule has 0 radical (unpaired) electrons. The van der Waals surface area contributed by atoms with E-state index in [-0.39, 0.29) is 12.3 Å². The lowest BCUT2D eigenvalue weighted by Crippen LogP contribution is -2.33. The van der Waals surface area contributed by atoms with E-state index in [0.29, 0.717) is 5.69 Å². The van der Waals surface area contributed by atoms with Gasteiger partial charge in [0.2, 0.25) is 15.9 Å². The zero-order chi connectivity index (χ0) is 15.3. The molecule has 0 unspecified atom stereocenters. The second-order valence-electron chi connectivity index (χ2n) is 4.27.